The maximum Gasteiger partial charge on any atom is 0.333 e. The van der Waals surface area contributed by atoms with E-state index in [0.717, 1.165) is 12.1 Å². The molecule has 9 nitrogen and oxygen atoms in total. The minimum absolute atomic E-state index is 0.0159. The van der Waals surface area contributed by atoms with Gasteiger partial charge in [-0.15, -0.1) is 0 Å². The monoisotopic (exact) mass is 416 g/mol. The van der Waals surface area contributed by atoms with E-state index in [-0.39, 0.29) is 28.5 Å². The van der Waals surface area contributed by atoms with Crippen molar-refractivity contribution in [1.29, 1.82) is 0 Å². The van der Waals surface area contributed by atoms with Gasteiger partial charge in [-0.3, -0.25) is 19.7 Å². The summed E-state index contributed by atoms with van der Waals surface area (Å²) in [6, 6.07) is 5.17. The lowest BCUT2D eigenvalue weighted by Gasteiger charge is -2.08. The van der Waals surface area contributed by atoms with Crippen LogP contribution in [0.3, 0.4) is 0 Å². The van der Waals surface area contributed by atoms with Crippen molar-refractivity contribution in [2.24, 2.45) is 0 Å². The Morgan fingerprint density at radius 3 is 2.53 bits per heavy atom. The molecule has 4 rings (SSSR count). The maximum atomic E-state index is 14.5. The Morgan fingerprint density at radius 1 is 1.23 bits per heavy atom. The van der Waals surface area contributed by atoms with E-state index in [4.69, 9.17) is 4.74 Å². The Bertz CT molecular complexity index is 1250. The minimum atomic E-state index is -1.03. The molecule has 11 heteroatoms. The third-order valence-electron chi connectivity index (χ3n) is 5.02. The Balaban J connectivity index is 1.93. The number of imidazole rings is 1. The van der Waals surface area contributed by atoms with Gasteiger partial charge in [0.15, 0.2) is 0 Å². The second kappa shape index (κ2) is 6.87. The van der Waals surface area contributed by atoms with Crippen molar-refractivity contribution in [3.63, 3.8) is 0 Å². The number of carbonyl (C=O) groups excluding carboxylic acids is 1. The van der Waals surface area contributed by atoms with Crippen LogP contribution in [0.5, 0.6) is 0 Å². The quantitative estimate of drug-likeness (QED) is 0.374. The fraction of sp³-hybridized carbons (Fsp3) is 0.211. The van der Waals surface area contributed by atoms with Crippen LogP contribution in [0.25, 0.3) is 22.6 Å². The molecule has 1 saturated carbocycles. The second-order valence-corrected chi connectivity index (χ2v) is 6.85. The number of esters is 1. The predicted molar refractivity (Wildman–Crippen MR) is 99.6 cm³/mol. The number of nitro groups is 1. The first-order chi connectivity index (χ1) is 14.3. The number of carbonyl (C=O) groups is 1. The molecule has 2 aromatic heterocycles. The van der Waals surface area contributed by atoms with Gasteiger partial charge in [-0.05, 0) is 31.0 Å². The number of ether oxygens (including phenoxy) is 1. The number of methoxy groups -OCH3 is 1. The molecule has 2 N–H and O–H groups in total. The highest BCUT2D eigenvalue weighted by Gasteiger charge is 2.55. The average molecular weight is 416 g/mol. The summed E-state index contributed by atoms with van der Waals surface area (Å²) < 4.78 is 32.7. The summed E-state index contributed by atoms with van der Waals surface area (Å²) in [5, 5.41) is 10.9. The molecule has 0 radical (unpaired) electrons. The van der Waals surface area contributed by atoms with E-state index >= 15 is 0 Å². The van der Waals surface area contributed by atoms with Crippen molar-refractivity contribution in [1.82, 2.24) is 15.0 Å². The number of nitrogens with zero attached hydrogens (tertiary/aromatic N) is 2. The van der Waals surface area contributed by atoms with Crippen LogP contribution in [-0.2, 0) is 14.9 Å². The van der Waals surface area contributed by atoms with E-state index in [2.05, 4.69) is 15.0 Å². The first-order valence-electron chi connectivity index (χ1n) is 8.79. The molecule has 0 aliphatic heterocycles. The number of halogens is 2. The van der Waals surface area contributed by atoms with Crippen molar-refractivity contribution >= 4 is 11.7 Å². The molecule has 1 aliphatic rings. The molecule has 1 aliphatic carbocycles. The fourth-order valence-corrected chi connectivity index (χ4v) is 3.28. The number of pyridine rings is 1. The highest BCUT2D eigenvalue weighted by Crippen LogP contribution is 2.49. The van der Waals surface area contributed by atoms with E-state index in [0.29, 0.717) is 18.9 Å². The molecule has 2 heterocycles. The molecule has 30 heavy (non-hydrogen) atoms. The topological polar surface area (TPSA) is 131 Å². The van der Waals surface area contributed by atoms with Gasteiger partial charge in [0, 0.05) is 17.7 Å². The van der Waals surface area contributed by atoms with Crippen LogP contribution in [0.4, 0.5) is 14.5 Å². The molecule has 0 spiro atoms. The van der Waals surface area contributed by atoms with E-state index in [1.165, 1.54) is 19.2 Å². The number of rotatable bonds is 5. The average Bonchev–Trinajstić information content (AvgIpc) is 3.40. The highest BCUT2D eigenvalue weighted by molar-refractivity contribution is 5.87. The molecule has 0 amide bonds. The highest BCUT2D eigenvalue weighted by atomic mass is 19.1. The van der Waals surface area contributed by atoms with Gasteiger partial charge in [0.05, 0.1) is 23.4 Å². The van der Waals surface area contributed by atoms with E-state index in [9.17, 15) is 28.5 Å². The molecule has 0 unspecified atom stereocenters. The molecule has 0 bridgehead atoms. The molecule has 0 atom stereocenters. The zero-order chi connectivity index (χ0) is 21.6. The third kappa shape index (κ3) is 3.04. The molecular formula is C19H14F2N4O5. The van der Waals surface area contributed by atoms with Crippen molar-refractivity contribution in [3.8, 4) is 22.6 Å². The Kier molecular flexibility index (Phi) is 4.45. The lowest BCUT2D eigenvalue weighted by Crippen LogP contribution is -2.23. The van der Waals surface area contributed by atoms with Gasteiger partial charge in [-0.25, -0.2) is 13.8 Å². The molecule has 1 aromatic carbocycles. The lowest BCUT2D eigenvalue weighted by atomic mass is 10.1. The molecule has 154 valence electrons. The summed E-state index contributed by atoms with van der Waals surface area (Å²) in [6.45, 7) is 0. The van der Waals surface area contributed by atoms with Crippen LogP contribution in [-0.4, -0.2) is 33.0 Å². The first-order valence-corrected chi connectivity index (χ1v) is 8.79. The summed E-state index contributed by atoms with van der Waals surface area (Å²) >= 11 is 0. The van der Waals surface area contributed by atoms with E-state index in [1.54, 1.807) is 0 Å². The van der Waals surface area contributed by atoms with Crippen molar-refractivity contribution in [3.05, 3.63) is 68.3 Å². The Hall–Kier alpha value is -3.89. The van der Waals surface area contributed by atoms with Crippen molar-refractivity contribution in [2.45, 2.75) is 18.3 Å². The molecule has 1 fully saturated rings. The molecule has 0 saturated heterocycles. The number of benzene rings is 1. The lowest BCUT2D eigenvalue weighted by molar-refractivity contribution is -0.386. The van der Waals surface area contributed by atoms with Crippen LogP contribution in [0.1, 0.15) is 18.7 Å². The fourth-order valence-electron chi connectivity index (χ4n) is 3.28. The summed E-state index contributed by atoms with van der Waals surface area (Å²) in [4.78, 5) is 44.0. The van der Waals surface area contributed by atoms with Crippen LogP contribution in [0.2, 0.25) is 0 Å². The van der Waals surface area contributed by atoms with Gasteiger partial charge in [-0.1, -0.05) is 0 Å². The van der Waals surface area contributed by atoms with Gasteiger partial charge >= 0.3 is 17.2 Å². The summed E-state index contributed by atoms with van der Waals surface area (Å²) in [5.41, 5.74) is -2.51. The smallest absolute Gasteiger partial charge is 0.333 e. The number of aromatic amines is 2. The van der Waals surface area contributed by atoms with Gasteiger partial charge in [0.2, 0.25) is 0 Å². The zero-order valence-corrected chi connectivity index (χ0v) is 15.5. The second-order valence-electron chi connectivity index (χ2n) is 6.85. The van der Waals surface area contributed by atoms with E-state index in [1.807, 2.05) is 0 Å². The Labute approximate surface area is 166 Å². The number of nitrogens with one attached hydrogen (secondary N) is 2. The zero-order valence-electron chi connectivity index (χ0n) is 15.5. The van der Waals surface area contributed by atoms with Crippen molar-refractivity contribution in [2.75, 3.05) is 7.11 Å². The Morgan fingerprint density at radius 2 is 1.97 bits per heavy atom. The van der Waals surface area contributed by atoms with Gasteiger partial charge in [-0.2, -0.15) is 0 Å². The SMILES string of the molecule is COC(=O)C1(c2nc(-c3ccc(F)cc3F)c(-c3ccc([N+](=O)[O-])c(=O)[nH]3)[nH]2)CC1. The van der Waals surface area contributed by atoms with Crippen LogP contribution in [0.15, 0.2) is 35.1 Å². The van der Waals surface area contributed by atoms with Crippen LogP contribution < -0.4 is 5.56 Å². The van der Waals surface area contributed by atoms with Gasteiger partial charge in [0.25, 0.3) is 0 Å². The summed E-state index contributed by atoms with van der Waals surface area (Å²) in [7, 11) is 1.24. The predicted octanol–water partition coefficient (Wildman–Crippen LogP) is 2.82. The normalized spacial score (nSPS) is 14.4. The molecular weight excluding hydrogens is 402 g/mol. The largest absolute Gasteiger partial charge is 0.468 e. The first kappa shape index (κ1) is 19.4. The van der Waals surface area contributed by atoms with Gasteiger partial charge in [0.1, 0.15) is 28.6 Å². The van der Waals surface area contributed by atoms with E-state index < -0.39 is 39.2 Å². The maximum absolute atomic E-state index is 14.5. The number of hydrogen-bond acceptors (Lipinski definition) is 6. The van der Waals surface area contributed by atoms with Gasteiger partial charge < -0.3 is 14.7 Å². The standard InChI is InChI=1S/C19H14F2N4O5/c1-30-18(27)19(6-7-19)17-23-14(10-3-2-9(20)8-11(10)21)15(24-17)12-4-5-13(25(28)29)16(26)22-12/h2-5,8H,6-7H2,1H3,(H,22,26)(H,23,24). The summed E-state index contributed by atoms with van der Waals surface area (Å²) in [5.74, 6) is -2.01. The summed E-state index contributed by atoms with van der Waals surface area (Å²) in [6.07, 6.45) is 0.906. The van der Waals surface area contributed by atoms with Crippen LogP contribution >= 0.6 is 0 Å². The third-order valence-corrected chi connectivity index (χ3v) is 5.02. The van der Waals surface area contributed by atoms with Crippen LogP contribution in [0, 0.1) is 21.7 Å². The molecule has 3 aromatic rings. The number of H-pyrrole nitrogens is 2. The number of hydrogen-bond donors (Lipinski definition) is 2. The van der Waals surface area contributed by atoms with Crippen molar-refractivity contribution < 1.29 is 23.2 Å². The minimum Gasteiger partial charge on any atom is -0.468 e. The number of aromatic nitrogens is 3.